The molecule has 6 heteroatoms. The van der Waals surface area contributed by atoms with Crippen LogP contribution < -0.4 is 16.0 Å². The van der Waals surface area contributed by atoms with Crippen molar-refractivity contribution in [1.82, 2.24) is 15.3 Å². The molecule has 0 saturated carbocycles. The SMILES string of the molecule is CCNc1ncnc(NC(C)C(=O)NC(C)C)c1C. The smallest absolute Gasteiger partial charge is 0.242 e. The number of carbonyl (C=O) groups excluding carboxylic acids is 1. The molecule has 0 aliphatic heterocycles. The maximum atomic E-state index is 11.8. The molecule has 0 bridgehead atoms. The summed E-state index contributed by atoms with van der Waals surface area (Å²) in [5.41, 5.74) is 0.911. The summed E-state index contributed by atoms with van der Waals surface area (Å²) in [5.74, 6) is 1.42. The van der Waals surface area contributed by atoms with Crippen LogP contribution in [0.3, 0.4) is 0 Å². The molecule has 1 amide bonds. The molecule has 19 heavy (non-hydrogen) atoms. The zero-order chi connectivity index (χ0) is 14.4. The van der Waals surface area contributed by atoms with E-state index in [-0.39, 0.29) is 18.0 Å². The van der Waals surface area contributed by atoms with Crippen LogP contribution in [0.4, 0.5) is 11.6 Å². The predicted molar refractivity (Wildman–Crippen MR) is 77.3 cm³/mol. The highest BCUT2D eigenvalue weighted by atomic mass is 16.2. The fourth-order valence-electron chi connectivity index (χ4n) is 1.62. The number of rotatable bonds is 6. The molecule has 0 aliphatic carbocycles. The van der Waals surface area contributed by atoms with Crippen molar-refractivity contribution >= 4 is 17.5 Å². The van der Waals surface area contributed by atoms with Crippen LogP contribution in [0.2, 0.25) is 0 Å². The summed E-state index contributed by atoms with van der Waals surface area (Å²) in [6, 6.07) is -0.217. The normalized spacial score (nSPS) is 12.1. The maximum absolute atomic E-state index is 11.8. The highest BCUT2D eigenvalue weighted by molar-refractivity contribution is 5.84. The van der Waals surface area contributed by atoms with Crippen molar-refractivity contribution in [2.45, 2.75) is 46.7 Å². The van der Waals surface area contributed by atoms with Gasteiger partial charge < -0.3 is 16.0 Å². The van der Waals surface area contributed by atoms with Crippen LogP contribution in [-0.4, -0.2) is 34.5 Å². The van der Waals surface area contributed by atoms with Crippen molar-refractivity contribution in [1.29, 1.82) is 0 Å². The Labute approximate surface area is 114 Å². The average Bonchev–Trinajstić information content (AvgIpc) is 2.33. The number of hydrogen-bond donors (Lipinski definition) is 3. The van der Waals surface area contributed by atoms with Gasteiger partial charge in [-0.2, -0.15) is 0 Å². The Morgan fingerprint density at radius 3 is 2.47 bits per heavy atom. The fraction of sp³-hybridized carbons (Fsp3) is 0.615. The Hall–Kier alpha value is -1.85. The van der Waals surface area contributed by atoms with E-state index in [1.54, 1.807) is 0 Å². The van der Waals surface area contributed by atoms with Gasteiger partial charge in [0.25, 0.3) is 0 Å². The first-order chi connectivity index (χ1) is 8.95. The third-order valence-corrected chi connectivity index (χ3v) is 2.61. The summed E-state index contributed by atoms with van der Waals surface area (Å²) in [7, 11) is 0. The van der Waals surface area contributed by atoms with E-state index < -0.39 is 0 Å². The average molecular weight is 265 g/mol. The topological polar surface area (TPSA) is 78.9 Å². The van der Waals surface area contributed by atoms with Gasteiger partial charge in [-0.25, -0.2) is 9.97 Å². The fourth-order valence-corrected chi connectivity index (χ4v) is 1.62. The second kappa shape index (κ2) is 6.92. The summed E-state index contributed by atoms with van der Waals surface area (Å²) in [6.45, 7) is 10.4. The van der Waals surface area contributed by atoms with Crippen molar-refractivity contribution < 1.29 is 4.79 Å². The zero-order valence-electron chi connectivity index (χ0n) is 12.2. The second-order valence-electron chi connectivity index (χ2n) is 4.76. The first-order valence-corrected chi connectivity index (χ1v) is 6.58. The Balaban J connectivity index is 2.76. The Morgan fingerprint density at radius 1 is 1.26 bits per heavy atom. The third kappa shape index (κ3) is 4.39. The van der Waals surface area contributed by atoms with Gasteiger partial charge in [-0.3, -0.25) is 4.79 Å². The molecule has 1 aromatic heterocycles. The van der Waals surface area contributed by atoms with Crippen LogP contribution in [-0.2, 0) is 4.79 Å². The van der Waals surface area contributed by atoms with Crippen LogP contribution in [0.15, 0.2) is 6.33 Å². The monoisotopic (exact) mass is 265 g/mol. The Kier molecular flexibility index (Phi) is 5.54. The number of amides is 1. The number of anilines is 2. The molecule has 0 aliphatic rings. The van der Waals surface area contributed by atoms with Gasteiger partial charge in [0.05, 0.1) is 0 Å². The van der Waals surface area contributed by atoms with E-state index in [1.165, 1.54) is 6.33 Å². The van der Waals surface area contributed by atoms with Gasteiger partial charge in [0.2, 0.25) is 5.91 Å². The van der Waals surface area contributed by atoms with E-state index in [2.05, 4.69) is 25.9 Å². The minimum Gasteiger partial charge on any atom is -0.370 e. The molecule has 0 aromatic carbocycles. The quantitative estimate of drug-likeness (QED) is 0.727. The molecular weight excluding hydrogens is 242 g/mol. The van der Waals surface area contributed by atoms with Gasteiger partial charge >= 0.3 is 0 Å². The second-order valence-corrected chi connectivity index (χ2v) is 4.76. The highest BCUT2D eigenvalue weighted by Gasteiger charge is 2.16. The van der Waals surface area contributed by atoms with Crippen LogP contribution >= 0.6 is 0 Å². The summed E-state index contributed by atoms with van der Waals surface area (Å²) in [4.78, 5) is 20.2. The molecule has 6 nitrogen and oxygen atoms in total. The van der Waals surface area contributed by atoms with Gasteiger partial charge in [-0.1, -0.05) is 0 Å². The minimum atomic E-state index is -0.342. The lowest BCUT2D eigenvalue weighted by molar-refractivity contribution is -0.122. The van der Waals surface area contributed by atoms with Gasteiger partial charge in [0.15, 0.2) is 0 Å². The number of nitrogens with zero attached hydrogens (tertiary/aromatic N) is 2. The lowest BCUT2D eigenvalue weighted by atomic mass is 10.2. The summed E-state index contributed by atoms with van der Waals surface area (Å²) < 4.78 is 0. The van der Waals surface area contributed by atoms with E-state index in [0.717, 1.165) is 17.9 Å². The number of hydrogen-bond acceptors (Lipinski definition) is 5. The van der Waals surface area contributed by atoms with Gasteiger partial charge in [-0.05, 0) is 34.6 Å². The largest absolute Gasteiger partial charge is 0.370 e. The van der Waals surface area contributed by atoms with Gasteiger partial charge in [-0.15, -0.1) is 0 Å². The van der Waals surface area contributed by atoms with E-state index in [1.807, 2.05) is 34.6 Å². The molecule has 106 valence electrons. The van der Waals surface area contributed by atoms with Crippen LogP contribution in [0.1, 0.15) is 33.3 Å². The van der Waals surface area contributed by atoms with Gasteiger partial charge in [0.1, 0.15) is 24.0 Å². The van der Waals surface area contributed by atoms with Gasteiger partial charge in [0, 0.05) is 18.2 Å². The first-order valence-electron chi connectivity index (χ1n) is 6.58. The predicted octanol–water partition coefficient (Wildman–Crippen LogP) is 1.54. The molecule has 0 spiro atoms. The third-order valence-electron chi connectivity index (χ3n) is 2.61. The lowest BCUT2D eigenvalue weighted by Gasteiger charge is -2.18. The first kappa shape index (κ1) is 15.2. The molecule has 1 unspecified atom stereocenters. The van der Waals surface area contributed by atoms with Crippen molar-refractivity contribution in [2.24, 2.45) is 0 Å². The standard InChI is InChI=1S/C13H23N5O/c1-6-14-11-9(4)12(16-7-15-11)18-10(5)13(19)17-8(2)3/h7-8,10H,6H2,1-5H3,(H,17,19)(H2,14,15,16,18). The highest BCUT2D eigenvalue weighted by Crippen LogP contribution is 2.18. The molecule has 1 heterocycles. The number of nitrogens with one attached hydrogen (secondary N) is 3. The molecule has 1 atom stereocenters. The van der Waals surface area contributed by atoms with Crippen molar-refractivity contribution in [2.75, 3.05) is 17.2 Å². The van der Waals surface area contributed by atoms with Crippen LogP contribution in [0.25, 0.3) is 0 Å². The summed E-state index contributed by atoms with van der Waals surface area (Å²) >= 11 is 0. The van der Waals surface area contributed by atoms with Crippen molar-refractivity contribution in [3.63, 3.8) is 0 Å². The molecule has 3 N–H and O–H groups in total. The van der Waals surface area contributed by atoms with E-state index in [9.17, 15) is 4.79 Å². The Bertz CT molecular complexity index is 433. The zero-order valence-corrected chi connectivity index (χ0v) is 12.2. The molecular formula is C13H23N5O. The maximum Gasteiger partial charge on any atom is 0.242 e. The molecule has 1 aromatic rings. The van der Waals surface area contributed by atoms with Crippen molar-refractivity contribution in [3.05, 3.63) is 11.9 Å². The van der Waals surface area contributed by atoms with E-state index in [0.29, 0.717) is 5.82 Å². The number of carbonyl (C=O) groups is 1. The molecule has 0 radical (unpaired) electrons. The molecule has 0 saturated heterocycles. The Morgan fingerprint density at radius 2 is 1.89 bits per heavy atom. The van der Waals surface area contributed by atoms with Crippen LogP contribution in [0.5, 0.6) is 0 Å². The minimum absolute atomic E-state index is 0.0435. The summed E-state index contributed by atoms with van der Waals surface area (Å²) in [6.07, 6.45) is 1.49. The lowest BCUT2D eigenvalue weighted by Crippen LogP contribution is -2.41. The molecule has 0 fully saturated rings. The molecule has 1 rings (SSSR count). The summed E-state index contributed by atoms with van der Waals surface area (Å²) in [5, 5.41) is 9.13. The van der Waals surface area contributed by atoms with E-state index in [4.69, 9.17) is 0 Å². The van der Waals surface area contributed by atoms with E-state index >= 15 is 0 Å². The van der Waals surface area contributed by atoms with Crippen LogP contribution in [0, 0.1) is 6.92 Å². The number of aromatic nitrogens is 2. The van der Waals surface area contributed by atoms with Crippen molar-refractivity contribution in [3.8, 4) is 0 Å².